The lowest BCUT2D eigenvalue weighted by atomic mass is 10.2. The van der Waals surface area contributed by atoms with Crippen molar-refractivity contribution in [1.82, 2.24) is 9.97 Å². The largest absolute Gasteiger partial charge is 0.490 e. The standard InChI is InChI=1S/C9H13ClN4O2/c1-5(3-6(11)15)14-9-7(16-2)8(10)12-4-13-9/h4-5H,3H2,1-2H3,(H2,11,15)(H,12,13,14). The Bertz CT molecular complexity index is 386. The smallest absolute Gasteiger partial charge is 0.219 e. The lowest BCUT2D eigenvalue weighted by Crippen LogP contribution is -2.24. The Morgan fingerprint density at radius 1 is 1.69 bits per heavy atom. The predicted molar refractivity (Wildman–Crippen MR) is 60.5 cm³/mol. The van der Waals surface area contributed by atoms with Crippen molar-refractivity contribution < 1.29 is 9.53 Å². The SMILES string of the molecule is COc1c(Cl)ncnc1NC(C)CC(N)=O. The lowest BCUT2D eigenvalue weighted by Gasteiger charge is -2.15. The molecule has 0 aliphatic carbocycles. The number of amides is 1. The summed E-state index contributed by atoms with van der Waals surface area (Å²) in [6.07, 6.45) is 1.51. The molecule has 0 saturated carbocycles. The van der Waals surface area contributed by atoms with Gasteiger partial charge in [0.2, 0.25) is 5.91 Å². The fourth-order valence-electron chi connectivity index (χ4n) is 1.22. The number of halogens is 1. The van der Waals surface area contributed by atoms with E-state index in [-0.39, 0.29) is 23.5 Å². The second-order valence-corrected chi connectivity index (χ2v) is 3.62. The van der Waals surface area contributed by atoms with Gasteiger partial charge >= 0.3 is 0 Å². The molecule has 1 amide bonds. The molecule has 1 atom stereocenters. The number of hydrogen-bond acceptors (Lipinski definition) is 5. The van der Waals surface area contributed by atoms with Gasteiger partial charge in [-0.2, -0.15) is 0 Å². The van der Waals surface area contributed by atoms with E-state index in [0.29, 0.717) is 11.6 Å². The number of hydrogen-bond donors (Lipinski definition) is 2. The number of nitrogens with one attached hydrogen (secondary N) is 1. The highest BCUT2D eigenvalue weighted by Crippen LogP contribution is 2.28. The molecule has 0 spiro atoms. The first kappa shape index (κ1) is 12.5. The first-order chi connectivity index (χ1) is 7.54. The van der Waals surface area contributed by atoms with E-state index in [2.05, 4.69) is 15.3 Å². The molecule has 16 heavy (non-hydrogen) atoms. The van der Waals surface area contributed by atoms with E-state index in [4.69, 9.17) is 22.1 Å². The van der Waals surface area contributed by atoms with E-state index in [1.165, 1.54) is 13.4 Å². The van der Waals surface area contributed by atoms with E-state index >= 15 is 0 Å². The molecule has 1 aromatic rings. The summed E-state index contributed by atoms with van der Waals surface area (Å²) < 4.78 is 5.05. The molecule has 0 bridgehead atoms. The number of nitrogens with two attached hydrogens (primary N) is 1. The van der Waals surface area contributed by atoms with Gasteiger partial charge < -0.3 is 15.8 Å². The van der Waals surface area contributed by atoms with Crippen LogP contribution in [0.15, 0.2) is 6.33 Å². The molecule has 1 aromatic heterocycles. The number of rotatable bonds is 5. The van der Waals surface area contributed by atoms with Crippen LogP contribution in [0.25, 0.3) is 0 Å². The second kappa shape index (κ2) is 5.50. The van der Waals surface area contributed by atoms with Gasteiger partial charge in [0.15, 0.2) is 16.7 Å². The maximum atomic E-state index is 10.7. The Morgan fingerprint density at radius 2 is 2.38 bits per heavy atom. The molecule has 0 fully saturated rings. The highest BCUT2D eigenvalue weighted by Gasteiger charge is 2.13. The highest BCUT2D eigenvalue weighted by atomic mass is 35.5. The zero-order valence-corrected chi connectivity index (χ0v) is 9.78. The summed E-state index contributed by atoms with van der Waals surface area (Å²) in [5.41, 5.74) is 5.08. The Balaban J connectivity index is 2.80. The molecule has 1 rings (SSSR count). The third-order valence-corrected chi connectivity index (χ3v) is 2.12. The van der Waals surface area contributed by atoms with Crippen molar-refractivity contribution in [3.05, 3.63) is 11.5 Å². The average molecular weight is 245 g/mol. The summed E-state index contributed by atoms with van der Waals surface area (Å²) in [5, 5.41) is 3.19. The Kier molecular flexibility index (Phi) is 4.30. The average Bonchev–Trinajstić information content (AvgIpc) is 2.16. The molecule has 0 aliphatic heterocycles. The first-order valence-corrected chi connectivity index (χ1v) is 5.01. The van der Waals surface area contributed by atoms with Gasteiger partial charge in [0.25, 0.3) is 0 Å². The summed E-state index contributed by atoms with van der Waals surface area (Å²) in [4.78, 5) is 18.5. The van der Waals surface area contributed by atoms with Gasteiger partial charge in [-0.3, -0.25) is 4.79 Å². The van der Waals surface area contributed by atoms with Gasteiger partial charge in [-0.1, -0.05) is 11.6 Å². The molecule has 3 N–H and O–H groups in total. The summed E-state index contributed by atoms with van der Waals surface area (Å²) in [6, 6.07) is -0.155. The fraction of sp³-hybridized carbons (Fsp3) is 0.444. The number of nitrogens with zero attached hydrogens (tertiary/aromatic N) is 2. The monoisotopic (exact) mass is 244 g/mol. The van der Waals surface area contributed by atoms with Crippen LogP contribution in [-0.2, 0) is 4.79 Å². The Labute approximate surface area is 98.2 Å². The zero-order valence-electron chi connectivity index (χ0n) is 9.03. The van der Waals surface area contributed by atoms with Gasteiger partial charge in [-0.25, -0.2) is 9.97 Å². The number of carbonyl (C=O) groups is 1. The zero-order chi connectivity index (χ0) is 12.1. The maximum absolute atomic E-state index is 10.7. The van der Waals surface area contributed by atoms with E-state index < -0.39 is 0 Å². The van der Waals surface area contributed by atoms with Crippen LogP contribution in [0.5, 0.6) is 5.75 Å². The van der Waals surface area contributed by atoms with Gasteiger partial charge in [0.05, 0.1) is 7.11 Å². The minimum Gasteiger partial charge on any atom is -0.490 e. The molecular formula is C9H13ClN4O2. The number of anilines is 1. The molecule has 0 saturated heterocycles. The third-order valence-electron chi connectivity index (χ3n) is 1.85. The normalized spacial score (nSPS) is 11.9. The van der Waals surface area contributed by atoms with Crippen molar-refractivity contribution in [2.75, 3.05) is 12.4 Å². The summed E-state index contributed by atoms with van der Waals surface area (Å²) >= 11 is 5.81. The van der Waals surface area contributed by atoms with Gasteiger partial charge in [-0.15, -0.1) is 0 Å². The molecule has 1 heterocycles. The number of primary amides is 1. The van der Waals surface area contributed by atoms with Gasteiger partial charge in [-0.05, 0) is 6.92 Å². The van der Waals surface area contributed by atoms with Crippen LogP contribution in [0.4, 0.5) is 5.82 Å². The number of ether oxygens (including phenoxy) is 1. The molecule has 7 heteroatoms. The number of carbonyl (C=O) groups excluding carboxylic acids is 1. The van der Waals surface area contributed by atoms with Crippen LogP contribution in [0.1, 0.15) is 13.3 Å². The minimum absolute atomic E-state index is 0.155. The van der Waals surface area contributed by atoms with Crippen LogP contribution < -0.4 is 15.8 Å². The second-order valence-electron chi connectivity index (χ2n) is 3.26. The Hall–Kier alpha value is -1.56. The third kappa shape index (κ3) is 3.23. The molecule has 0 radical (unpaired) electrons. The van der Waals surface area contributed by atoms with Crippen molar-refractivity contribution in [1.29, 1.82) is 0 Å². The van der Waals surface area contributed by atoms with E-state index in [0.717, 1.165) is 0 Å². The summed E-state index contributed by atoms with van der Waals surface area (Å²) in [7, 11) is 1.47. The van der Waals surface area contributed by atoms with Crippen molar-refractivity contribution in [3.63, 3.8) is 0 Å². The summed E-state index contributed by atoms with van der Waals surface area (Å²) in [5.74, 6) is 0.399. The van der Waals surface area contributed by atoms with Crippen LogP contribution in [-0.4, -0.2) is 29.0 Å². The molecule has 0 aliphatic rings. The van der Waals surface area contributed by atoms with E-state index in [9.17, 15) is 4.79 Å². The highest BCUT2D eigenvalue weighted by molar-refractivity contribution is 6.31. The topological polar surface area (TPSA) is 90.1 Å². The first-order valence-electron chi connectivity index (χ1n) is 4.64. The number of aromatic nitrogens is 2. The van der Waals surface area contributed by atoms with E-state index in [1.807, 2.05) is 0 Å². The number of methoxy groups -OCH3 is 1. The summed E-state index contributed by atoms with van der Waals surface area (Å²) in [6.45, 7) is 1.81. The van der Waals surface area contributed by atoms with Gasteiger partial charge in [0.1, 0.15) is 6.33 Å². The van der Waals surface area contributed by atoms with Crippen molar-refractivity contribution in [3.8, 4) is 5.75 Å². The van der Waals surface area contributed by atoms with Crippen molar-refractivity contribution in [2.24, 2.45) is 5.73 Å². The molecule has 1 unspecified atom stereocenters. The van der Waals surface area contributed by atoms with Crippen molar-refractivity contribution >= 4 is 23.3 Å². The minimum atomic E-state index is -0.390. The molecule has 6 nitrogen and oxygen atoms in total. The maximum Gasteiger partial charge on any atom is 0.219 e. The van der Waals surface area contributed by atoms with Gasteiger partial charge in [0, 0.05) is 12.5 Å². The fourth-order valence-corrected chi connectivity index (χ4v) is 1.43. The van der Waals surface area contributed by atoms with Crippen molar-refractivity contribution in [2.45, 2.75) is 19.4 Å². The van der Waals surface area contributed by atoms with Crippen LogP contribution in [0.3, 0.4) is 0 Å². The molecule has 0 aromatic carbocycles. The lowest BCUT2D eigenvalue weighted by molar-refractivity contribution is -0.118. The van der Waals surface area contributed by atoms with Crippen LogP contribution in [0.2, 0.25) is 5.15 Å². The Morgan fingerprint density at radius 3 is 2.94 bits per heavy atom. The quantitative estimate of drug-likeness (QED) is 0.749. The molecular weight excluding hydrogens is 232 g/mol. The predicted octanol–water partition coefficient (Wildman–Crippen LogP) is 0.814. The van der Waals surface area contributed by atoms with E-state index in [1.54, 1.807) is 6.92 Å². The molecule has 88 valence electrons. The van der Waals surface area contributed by atoms with Crippen LogP contribution >= 0.6 is 11.6 Å². The van der Waals surface area contributed by atoms with Crippen LogP contribution in [0, 0.1) is 0 Å².